The van der Waals surface area contributed by atoms with Gasteiger partial charge in [-0.15, -0.1) is 0 Å². The van der Waals surface area contributed by atoms with Crippen molar-refractivity contribution in [1.29, 1.82) is 0 Å². The third kappa shape index (κ3) is 8.96. The fourth-order valence-electron chi connectivity index (χ4n) is 2.27. The lowest BCUT2D eigenvalue weighted by atomic mass is 9.79. The summed E-state index contributed by atoms with van der Waals surface area (Å²) in [5.41, 5.74) is 0. The second-order valence-corrected chi connectivity index (χ2v) is 5.59. The monoisotopic (exact) mass is 320 g/mol. The van der Waals surface area contributed by atoms with E-state index in [-0.39, 0.29) is 5.97 Å². The third-order valence-corrected chi connectivity index (χ3v) is 3.31. The number of aliphatic hydroxyl groups excluding tert-OH is 2. The topological polar surface area (TPSA) is 113 Å². The van der Waals surface area contributed by atoms with Crippen molar-refractivity contribution in [3.8, 4) is 0 Å². The van der Waals surface area contributed by atoms with Crippen LogP contribution in [-0.4, -0.2) is 59.8 Å². The van der Waals surface area contributed by atoms with Gasteiger partial charge in [-0.3, -0.25) is 9.59 Å². The van der Waals surface area contributed by atoms with Gasteiger partial charge in [-0.05, 0) is 26.7 Å². The number of carbonyl (C=O) groups is 2. The lowest BCUT2D eigenvalue weighted by Crippen LogP contribution is -2.33. The van der Waals surface area contributed by atoms with Crippen LogP contribution in [0.2, 0.25) is 0 Å². The summed E-state index contributed by atoms with van der Waals surface area (Å²) in [6.07, 6.45) is 2.17. The third-order valence-electron chi connectivity index (χ3n) is 3.31. The van der Waals surface area contributed by atoms with Gasteiger partial charge in [-0.2, -0.15) is 0 Å². The molecule has 4 unspecified atom stereocenters. The molecular formula is C15H28O7. The first-order valence-corrected chi connectivity index (χ1v) is 7.54. The predicted octanol–water partition coefficient (Wildman–Crippen LogP) is 0.815. The van der Waals surface area contributed by atoms with Crippen molar-refractivity contribution in [2.45, 2.75) is 51.7 Å². The zero-order valence-corrected chi connectivity index (χ0v) is 13.5. The highest BCUT2D eigenvalue weighted by atomic mass is 16.5. The molecule has 7 nitrogen and oxygen atoms in total. The van der Waals surface area contributed by atoms with Crippen molar-refractivity contribution in [2.24, 2.45) is 11.8 Å². The smallest absolute Gasteiger partial charge is 0.309 e. The van der Waals surface area contributed by atoms with E-state index in [2.05, 4.69) is 4.74 Å². The van der Waals surface area contributed by atoms with Gasteiger partial charge in [0, 0.05) is 0 Å². The summed E-state index contributed by atoms with van der Waals surface area (Å²) < 4.78 is 9.42. The summed E-state index contributed by atoms with van der Waals surface area (Å²) in [7, 11) is 1.30. The van der Waals surface area contributed by atoms with Crippen molar-refractivity contribution in [3.05, 3.63) is 0 Å². The maximum Gasteiger partial charge on any atom is 0.309 e. The Labute approximate surface area is 131 Å². The molecule has 1 fully saturated rings. The van der Waals surface area contributed by atoms with Gasteiger partial charge in [0.1, 0.15) is 0 Å². The predicted molar refractivity (Wildman–Crippen MR) is 79.3 cm³/mol. The number of ether oxygens (including phenoxy) is 2. The van der Waals surface area contributed by atoms with Crippen LogP contribution in [0.1, 0.15) is 39.5 Å². The molecule has 0 aromatic rings. The van der Waals surface area contributed by atoms with Crippen LogP contribution in [0.3, 0.4) is 0 Å². The molecule has 0 aromatic heterocycles. The van der Waals surface area contributed by atoms with Gasteiger partial charge in [-0.25, -0.2) is 0 Å². The molecule has 130 valence electrons. The van der Waals surface area contributed by atoms with Crippen LogP contribution in [0.4, 0.5) is 0 Å². The molecule has 7 heteroatoms. The molecule has 0 saturated heterocycles. The van der Waals surface area contributed by atoms with Crippen LogP contribution in [-0.2, 0) is 19.1 Å². The lowest BCUT2D eigenvalue weighted by molar-refractivity contribution is -0.157. The zero-order chi connectivity index (χ0) is 17.1. The minimum Gasteiger partial charge on any atom is -0.481 e. The minimum absolute atomic E-state index is 0.297. The molecule has 0 aromatic carbocycles. The lowest BCUT2D eigenvalue weighted by Gasteiger charge is -2.25. The van der Waals surface area contributed by atoms with E-state index in [9.17, 15) is 9.59 Å². The first-order chi connectivity index (χ1) is 10.3. The van der Waals surface area contributed by atoms with Gasteiger partial charge in [0.25, 0.3) is 0 Å². The summed E-state index contributed by atoms with van der Waals surface area (Å²) in [5, 5.41) is 26.2. The molecule has 1 aliphatic rings. The highest BCUT2D eigenvalue weighted by Gasteiger charge is 2.36. The molecule has 22 heavy (non-hydrogen) atoms. The minimum atomic E-state index is -0.880. The second kappa shape index (κ2) is 11.4. The molecule has 4 atom stereocenters. The number of methoxy groups -OCH3 is 1. The van der Waals surface area contributed by atoms with E-state index in [1.807, 2.05) is 0 Å². The van der Waals surface area contributed by atoms with Gasteiger partial charge < -0.3 is 24.8 Å². The number of carbonyl (C=O) groups excluding carboxylic acids is 1. The molecule has 0 heterocycles. The maximum absolute atomic E-state index is 11.2. The van der Waals surface area contributed by atoms with Crippen molar-refractivity contribution >= 4 is 11.9 Å². The van der Waals surface area contributed by atoms with Gasteiger partial charge in [0.15, 0.2) is 0 Å². The Kier molecular flexibility index (Phi) is 10.8. The van der Waals surface area contributed by atoms with Crippen molar-refractivity contribution in [2.75, 3.05) is 20.3 Å². The largest absolute Gasteiger partial charge is 0.481 e. The number of esters is 1. The number of carboxylic acids is 1. The summed E-state index contributed by atoms with van der Waals surface area (Å²) >= 11 is 0. The van der Waals surface area contributed by atoms with E-state index in [1.54, 1.807) is 13.8 Å². The molecular weight excluding hydrogens is 292 g/mol. The number of hydrogen-bond acceptors (Lipinski definition) is 6. The van der Waals surface area contributed by atoms with Crippen LogP contribution < -0.4 is 0 Å². The molecule has 0 aliphatic heterocycles. The summed E-state index contributed by atoms with van der Waals surface area (Å²) in [5.74, 6) is -2.24. The van der Waals surface area contributed by atoms with E-state index >= 15 is 0 Å². The normalized spacial score (nSPS) is 23.7. The van der Waals surface area contributed by atoms with Crippen molar-refractivity contribution in [3.63, 3.8) is 0 Å². The number of carboxylic acid groups (broad SMARTS) is 1. The highest BCUT2D eigenvalue weighted by molar-refractivity contribution is 5.81. The van der Waals surface area contributed by atoms with Gasteiger partial charge in [-0.1, -0.05) is 12.8 Å². The summed E-state index contributed by atoms with van der Waals surface area (Å²) in [6, 6.07) is 0. The maximum atomic E-state index is 11.2. The SMILES string of the molecule is CC(O)COCC(C)O.COC(=O)C1CCCCC1C(=O)O. The molecule has 0 spiro atoms. The van der Waals surface area contributed by atoms with E-state index < -0.39 is 30.0 Å². The van der Waals surface area contributed by atoms with Crippen LogP contribution >= 0.6 is 0 Å². The Bertz CT molecular complexity index is 320. The van der Waals surface area contributed by atoms with E-state index in [0.29, 0.717) is 26.1 Å². The van der Waals surface area contributed by atoms with Crippen molar-refractivity contribution in [1.82, 2.24) is 0 Å². The zero-order valence-electron chi connectivity index (χ0n) is 13.5. The Morgan fingerprint density at radius 2 is 1.50 bits per heavy atom. The molecule has 1 saturated carbocycles. The van der Waals surface area contributed by atoms with Crippen LogP contribution in [0.15, 0.2) is 0 Å². The van der Waals surface area contributed by atoms with E-state index in [0.717, 1.165) is 12.8 Å². The number of hydrogen-bond donors (Lipinski definition) is 3. The highest BCUT2D eigenvalue weighted by Crippen LogP contribution is 2.30. The Balaban J connectivity index is 0.000000433. The Morgan fingerprint density at radius 1 is 1.05 bits per heavy atom. The van der Waals surface area contributed by atoms with Crippen LogP contribution in [0.25, 0.3) is 0 Å². The molecule has 0 bridgehead atoms. The number of rotatable bonds is 6. The average Bonchev–Trinajstić information content (AvgIpc) is 2.46. The Hall–Kier alpha value is -1.18. The molecule has 0 amide bonds. The van der Waals surface area contributed by atoms with Gasteiger partial charge >= 0.3 is 11.9 Å². The van der Waals surface area contributed by atoms with Gasteiger partial charge in [0.2, 0.25) is 0 Å². The second-order valence-electron chi connectivity index (χ2n) is 5.59. The van der Waals surface area contributed by atoms with Crippen molar-refractivity contribution < 1.29 is 34.4 Å². The summed E-state index contributed by atoms with van der Waals surface area (Å²) in [6.45, 7) is 3.87. The number of aliphatic carboxylic acids is 1. The molecule has 1 aliphatic carbocycles. The standard InChI is InChI=1S/C9H14O4.C6H14O3/c1-13-9(12)7-5-3-2-4-6(7)8(10)11;1-5(7)3-9-4-6(2)8/h6-7H,2-5H2,1H3,(H,10,11);5-8H,3-4H2,1-2H3. The molecule has 3 N–H and O–H groups in total. The van der Waals surface area contributed by atoms with E-state index in [1.165, 1.54) is 7.11 Å². The first-order valence-electron chi connectivity index (χ1n) is 7.54. The quantitative estimate of drug-likeness (QED) is 0.621. The van der Waals surface area contributed by atoms with Crippen LogP contribution in [0, 0.1) is 11.8 Å². The first kappa shape index (κ1) is 20.8. The number of aliphatic hydroxyl groups is 2. The summed E-state index contributed by atoms with van der Waals surface area (Å²) in [4.78, 5) is 22.0. The van der Waals surface area contributed by atoms with Crippen LogP contribution in [0.5, 0.6) is 0 Å². The Morgan fingerprint density at radius 3 is 1.86 bits per heavy atom. The fraction of sp³-hybridized carbons (Fsp3) is 0.867. The molecule has 1 rings (SSSR count). The fourth-order valence-corrected chi connectivity index (χ4v) is 2.27. The molecule has 0 radical (unpaired) electrons. The van der Waals surface area contributed by atoms with E-state index in [4.69, 9.17) is 20.1 Å². The van der Waals surface area contributed by atoms with Gasteiger partial charge in [0.05, 0.1) is 44.4 Å². The average molecular weight is 320 g/mol.